The van der Waals surface area contributed by atoms with Gasteiger partial charge in [-0.1, -0.05) is 23.9 Å². The van der Waals surface area contributed by atoms with Gasteiger partial charge in [0.25, 0.3) is 0 Å². The first-order valence-corrected chi connectivity index (χ1v) is 6.75. The van der Waals surface area contributed by atoms with Gasteiger partial charge in [0.15, 0.2) is 4.34 Å². The number of aryl methyl sites for hydroxylation is 1. The third-order valence-corrected chi connectivity index (χ3v) is 4.19. The summed E-state index contributed by atoms with van der Waals surface area (Å²) in [7, 11) is 0. The average molecular weight is 237 g/mol. The molecule has 1 heterocycles. The van der Waals surface area contributed by atoms with E-state index in [0.29, 0.717) is 6.42 Å². The molecule has 4 heteroatoms. The fourth-order valence-corrected chi connectivity index (χ4v) is 3.02. The molecule has 0 atom stereocenters. The van der Waals surface area contributed by atoms with Crippen LogP contribution in [-0.2, 0) is 11.2 Å². The van der Waals surface area contributed by atoms with Gasteiger partial charge in [-0.05, 0) is 24.3 Å². The zero-order chi connectivity index (χ0) is 10.7. The van der Waals surface area contributed by atoms with Crippen molar-refractivity contribution in [1.82, 2.24) is 4.98 Å². The lowest BCUT2D eigenvalue weighted by molar-refractivity contribution is -0.107. The number of nitrogens with zero attached hydrogens (tertiary/aromatic N) is 1. The van der Waals surface area contributed by atoms with E-state index in [4.69, 9.17) is 0 Å². The van der Waals surface area contributed by atoms with Gasteiger partial charge in [0, 0.05) is 6.42 Å². The van der Waals surface area contributed by atoms with E-state index in [9.17, 15) is 4.79 Å². The minimum Gasteiger partial charge on any atom is -0.303 e. The summed E-state index contributed by atoms with van der Waals surface area (Å²) in [5.74, 6) is 0. The Balaban J connectivity index is 2.44. The fraction of sp³-hybridized carbons (Fsp3) is 0.273. The molecule has 0 bridgehead atoms. The number of carbonyl (C=O) groups excluding carboxylic acids is 1. The number of thiazole rings is 1. The second-order valence-corrected chi connectivity index (χ2v) is 5.24. The average Bonchev–Trinajstić information content (AvgIpc) is 2.69. The monoisotopic (exact) mass is 237 g/mol. The van der Waals surface area contributed by atoms with Crippen molar-refractivity contribution in [1.29, 1.82) is 0 Å². The highest BCUT2D eigenvalue weighted by Gasteiger charge is 2.06. The van der Waals surface area contributed by atoms with Crippen molar-refractivity contribution in [2.75, 3.05) is 6.26 Å². The number of rotatable bonds is 4. The maximum Gasteiger partial charge on any atom is 0.150 e. The molecule has 0 fully saturated rings. The van der Waals surface area contributed by atoms with E-state index in [1.165, 1.54) is 10.3 Å². The largest absolute Gasteiger partial charge is 0.303 e. The summed E-state index contributed by atoms with van der Waals surface area (Å²) in [6.45, 7) is 0. The first-order valence-electron chi connectivity index (χ1n) is 4.71. The van der Waals surface area contributed by atoms with E-state index in [1.807, 2.05) is 12.3 Å². The number of aldehydes is 1. The molecule has 0 saturated heterocycles. The minimum atomic E-state index is 0.575. The molecule has 2 nitrogen and oxygen atoms in total. The first-order chi connectivity index (χ1) is 7.35. The molecule has 78 valence electrons. The number of aromatic nitrogens is 1. The Bertz CT molecular complexity index is 478. The molecular weight excluding hydrogens is 226 g/mol. The SMILES string of the molecule is CSc1nc2c(CCC=O)cccc2s1. The lowest BCUT2D eigenvalue weighted by atomic mass is 10.1. The molecule has 0 radical (unpaired) electrons. The number of fused-ring (bicyclic) bond motifs is 1. The summed E-state index contributed by atoms with van der Waals surface area (Å²) in [4.78, 5) is 14.9. The molecule has 2 rings (SSSR count). The van der Waals surface area contributed by atoms with Gasteiger partial charge in [0.2, 0.25) is 0 Å². The number of para-hydroxylation sites is 1. The maximum absolute atomic E-state index is 10.4. The number of hydrogen-bond donors (Lipinski definition) is 0. The fourth-order valence-electron chi connectivity index (χ4n) is 1.49. The summed E-state index contributed by atoms with van der Waals surface area (Å²) in [6, 6.07) is 6.16. The third-order valence-electron chi connectivity index (χ3n) is 2.19. The Labute approximate surface area is 96.7 Å². The second kappa shape index (κ2) is 4.77. The molecule has 15 heavy (non-hydrogen) atoms. The van der Waals surface area contributed by atoms with Crippen LogP contribution < -0.4 is 0 Å². The van der Waals surface area contributed by atoms with Crippen LogP contribution in [0.3, 0.4) is 0 Å². The van der Waals surface area contributed by atoms with E-state index < -0.39 is 0 Å². The second-order valence-electron chi connectivity index (χ2n) is 3.15. The zero-order valence-corrected chi connectivity index (χ0v) is 10.0. The van der Waals surface area contributed by atoms with Crippen LogP contribution in [-0.4, -0.2) is 17.5 Å². The Morgan fingerprint density at radius 1 is 1.53 bits per heavy atom. The van der Waals surface area contributed by atoms with E-state index in [0.717, 1.165) is 22.6 Å². The summed E-state index contributed by atoms with van der Waals surface area (Å²) in [5.41, 5.74) is 2.24. The van der Waals surface area contributed by atoms with Crippen LogP contribution in [0.4, 0.5) is 0 Å². The van der Waals surface area contributed by atoms with Gasteiger partial charge in [0.1, 0.15) is 6.29 Å². The van der Waals surface area contributed by atoms with Gasteiger partial charge in [-0.25, -0.2) is 4.98 Å². The number of carbonyl (C=O) groups is 1. The molecule has 0 aliphatic rings. The van der Waals surface area contributed by atoms with E-state index >= 15 is 0 Å². The van der Waals surface area contributed by atoms with Gasteiger partial charge in [-0.2, -0.15) is 0 Å². The Morgan fingerprint density at radius 2 is 2.40 bits per heavy atom. The predicted octanol–water partition coefficient (Wildman–Crippen LogP) is 3.15. The van der Waals surface area contributed by atoms with Crippen molar-refractivity contribution in [2.45, 2.75) is 17.2 Å². The van der Waals surface area contributed by atoms with Crippen molar-refractivity contribution in [3.63, 3.8) is 0 Å². The molecule has 2 aromatic rings. The summed E-state index contributed by atoms with van der Waals surface area (Å²) >= 11 is 3.37. The highest BCUT2D eigenvalue weighted by molar-refractivity contribution is 8.00. The predicted molar refractivity (Wildman–Crippen MR) is 65.8 cm³/mol. The van der Waals surface area contributed by atoms with Gasteiger partial charge >= 0.3 is 0 Å². The molecule has 0 aliphatic heterocycles. The van der Waals surface area contributed by atoms with Crippen molar-refractivity contribution < 1.29 is 4.79 Å². The Hall–Kier alpha value is -0.870. The van der Waals surface area contributed by atoms with Crippen molar-refractivity contribution in [2.24, 2.45) is 0 Å². The molecule has 0 N–H and O–H groups in total. The number of hydrogen-bond acceptors (Lipinski definition) is 4. The molecule has 1 aromatic carbocycles. The smallest absolute Gasteiger partial charge is 0.150 e. The standard InChI is InChI=1S/C11H11NOS2/c1-14-11-12-10-8(5-3-7-13)4-2-6-9(10)15-11/h2,4,6-7H,3,5H2,1H3. The van der Waals surface area contributed by atoms with E-state index in [1.54, 1.807) is 23.1 Å². The first kappa shape index (κ1) is 10.6. The third kappa shape index (κ3) is 2.21. The quantitative estimate of drug-likeness (QED) is 0.604. The topological polar surface area (TPSA) is 30.0 Å². The van der Waals surface area contributed by atoms with Crippen LogP contribution in [0.2, 0.25) is 0 Å². The van der Waals surface area contributed by atoms with E-state index in [-0.39, 0.29) is 0 Å². The number of thioether (sulfide) groups is 1. The Kier molecular flexibility index (Phi) is 3.38. The normalized spacial score (nSPS) is 10.7. The molecule has 1 aromatic heterocycles. The molecule has 0 unspecified atom stereocenters. The van der Waals surface area contributed by atoms with Gasteiger partial charge in [-0.15, -0.1) is 11.3 Å². The van der Waals surface area contributed by atoms with Crippen LogP contribution in [0.5, 0.6) is 0 Å². The molecule has 0 spiro atoms. The van der Waals surface area contributed by atoms with Crippen LogP contribution in [0.1, 0.15) is 12.0 Å². The number of benzene rings is 1. The highest BCUT2D eigenvalue weighted by atomic mass is 32.2. The van der Waals surface area contributed by atoms with Crippen molar-refractivity contribution in [3.05, 3.63) is 23.8 Å². The van der Waals surface area contributed by atoms with Crippen LogP contribution in [0, 0.1) is 0 Å². The highest BCUT2D eigenvalue weighted by Crippen LogP contribution is 2.30. The lowest BCUT2D eigenvalue weighted by Gasteiger charge is -1.97. The van der Waals surface area contributed by atoms with Crippen molar-refractivity contribution in [3.8, 4) is 0 Å². The summed E-state index contributed by atoms with van der Waals surface area (Å²) < 4.78 is 2.30. The molecular formula is C11H11NOS2. The molecule has 0 aliphatic carbocycles. The molecule has 0 amide bonds. The summed E-state index contributed by atoms with van der Waals surface area (Å²) in [6.07, 6.45) is 4.35. The summed E-state index contributed by atoms with van der Waals surface area (Å²) in [5, 5.41) is 0. The van der Waals surface area contributed by atoms with E-state index in [2.05, 4.69) is 17.1 Å². The van der Waals surface area contributed by atoms with Gasteiger partial charge < -0.3 is 4.79 Å². The Morgan fingerprint density at radius 3 is 3.13 bits per heavy atom. The maximum atomic E-state index is 10.4. The van der Waals surface area contributed by atoms with Gasteiger partial charge in [0.05, 0.1) is 10.2 Å². The van der Waals surface area contributed by atoms with Crippen LogP contribution in [0.25, 0.3) is 10.2 Å². The molecule has 0 saturated carbocycles. The van der Waals surface area contributed by atoms with Crippen LogP contribution >= 0.6 is 23.1 Å². The van der Waals surface area contributed by atoms with Crippen molar-refractivity contribution >= 4 is 39.6 Å². The lowest BCUT2D eigenvalue weighted by Crippen LogP contribution is -1.87. The van der Waals surface area contributed by atoms with Gasteiger partial charge in [-0.3, -0.25) is 0 Å². The zero-order valence-electron chi connectivity index (χ0n) is 8.40. The van der Waals surface area contributed by atoms with Crippen LogP contribution in [0.15, 0.2) is 22.5 Å². The minimum absolute atomic E-state index is 0.575.